The number of carbonyl (C=O) groups excluding carboxylic acids is 1. The minimum atomic E-state index is -0.440. The molecule has 0 spiro atoms. The van der Waals surface area contributed by atoms with Gasteiger partial charge in [0.15, 0.2) is 5.76 Å². The lowest BCUT2D eigenvalue weighted by atomic mass is 9.83. The van der Waals surface area contributed by atoms with E-state index in [1.165, 1.54) is 18.2 Å². The number of likely N-dealkylation sites (tertiary alicyclic amines) is 1. The van der Waals surface area contributed by atoms with Crippen molar-refractivity contribution in [3.05, 3.63) is 98.9 Å². The van der Waals surface area contributed by atoms with E-state index >= 15 is 0 Å². The Bertz CT molecular complexity index is 1410. The average molecular weight is 458 g/mol. The summed E-state index contributed by atoms with van der Waals surface area (Å²) < 4.78 is 21.9. The number of pyridine rings is 1. The molecule has 7 heteroatoms. The van der Waals surface area contributed by atoms with Crippen LogP contribution in [0.5, 0.6) is 11.5 Å². The zero-order valence-electron chi connectivity index (χ0n) is 18.4. The number of ketones is 1. The molecular formula is C27H23FN2O4. The van der Waals surface area contributed by atoms with E-state index in [0.717, 1.165) is 25.2 Å². The maximum absolute atomic E-state index is 14.1. The summed E-state index contributed by atoms with van der Waals surface area (Å²) in [6.07, 6.45) is 2.43. The highest BCUT2D eigenvalue weighted by Gasteiger charge is 2.36. The summed E-state index contributed by atoms with van der Waals surface area (Å²) in [7, 11) is 0. The van der Waals surface area contributed by atoms with Crippen molar-refractivity contribution in [2.45, 2.75) is 25.4 Å². The van der Waals surface area contributed by atoms with Gasteiger partial charge < -0.3 is 14.4 Å². The first kappa shape index (κ1) is 20.9. The second-order valence-electron chi connectivity index (χ2n) is 9.29. The van der Waals surface area contributed by atoms with E-state index in [4.69, 9.17) is 4.74 Å². The normalized spacial score (nSPS) is 22.4. The number of phenolic OH excluding ortho intramolecular Hbond substituents is 1. The van der Waals surface area contributed by atoms with E-state index in [1.54, 1.807) is 30.3 Å². The van der Waals surface area contributed by atoms with Crippen LogP contribution in [-0.2, 0) is 13.1 Å². The molecule has 1 fully saturated rings. The van der Waals surface area contributed by atoms with Gasteiger partial charge >= 0.3 is 0 Å². The topological polar surface area (TPSA) is 71.8 Å². The van der Waals surface area contributed by atoms with E-state index in [0.29, 0.717) is 35.9 Å². The molecule has 0 radical (unpaired) electrons. The number of carbonyl (C=O) groups is 1. The number of allylic oxidation sites excluding steroid dienone is 1. The first-order valence-electron chi connectivity index (χ1n) is 11.4. The van der Waals surface area contributed by atoms with Gasteiger partial charge in [-0.3, -0.25) is 14.5 Å². The van der Waals surface area contributed by atoms with Crippen molar-refractivity contribution < 1.29 is 19.0 Å². The summed E-state index contributed by atoms with van der Waals surface area (Å²) >= 11 is 0. The third-order valence-corrected chi connectivity index (χ3v) is 7.05. The van der Waals surface area contributed by atoms with Gasteiger partial charge in [-0.1, -0.05) is 24.3 Å². The van der Waals surface area contributed by atoms with Crippen LogP contribution in [0.15, 0.2) is 65.2 Å². The molecule has 3 aromatic rings. The largest absolute Gasteiger partial charge is 0.507 e. The van der Waals surface area contributed by atoms with E-state index in [2.05, 4.69) is 4.90 Å². The molecule has 6 rings (SSSR count). The van der Waals surface area contributed by atoms with Gasteiger partial charge in [0, 0.05) is 49.4 Å². The van der Waals surface area contributed by atoms with Gasteiger partial charge in [-0.2, -0.15) is 0 Å². The Balaban J connectivity index is 1.29. The number of halogens is 1. The lowest BCUT2D eigenvalue weighted by molar-refractivity contribution is 0.101. The average Bonchev–Trinajstić information content (AvgIpc) is 3.13. The van der Waals surface area contributed by atoms with Crippen LogP contribution < -0.4 is 10.3 Å². The summed E-state index contributed by atoms with van der Waals surface area (Å²) in [4.78, 5) is 27.5. The van der Waals surface area contributed by atoms with Crippen molar-refractivity contribution in [2.75, 3.05) is 13.1 Å². The number of piperidine rings is 1. The van der Waals surface area contributed by atoms with Crippen LogP contribution in [0.25, 0.3) is 6.08 Å². The Morgan fingerprint density at radius 1 is 1.03 bits per heavy atom. The second kappa shape index (κ2) is 7.95. The third-order valence-electron chi connectivity index (χ3n) is 7.05. The number of hydrogen-bond acceptors (Lipinski definition) is 5. The highest BCUT2D eigenvalue weighted by atomic mass is 19.1. The van der Waals surface area contributed by atoms with Crippen molar-refractivity contribution >= 4 is 11.9 Å². The maximum atomic E-state index is 14.1. The minimum absolute atomic E-state index is 0.0377. The molecule has 0 amide bonds. The summed E-state index contributed by atoms with van der Waals surface area (Å²) in [5.41, 5.74) is 2.28. The molecule has 1 aromatic heterocycles. The van der Waals surface area contributed by atoms with Gasteiger partial charge in [0.1, 0.15) is 17.3 Å². The van der Waals surface area contributed by atoms with Crippen LogP contribution in [0.4, 0.5) is 4.39 Å². The van der Waals surface area contributed by atoms with Crippen molar-refractivity contribution in [1.29, 1.82) is 0 Å². The summed E-state index contributed by atoms with van der Waals surface area (Å²) in [5.74, 6) is 0.235. The molecule has 2 atom stereocenters. The number of aromatic nitrogens is 1. The van der Waals surface area contributed by atoms with Crippen molar-refractivity contribution in [3.63, 3.8) is 0 Å². The Hall–Kier alpha value is -3.71. The van der Waals surface area contributed by atoms with Crippen molar-refractivity contribution in [3.8, 4) is 11.5 Å². The fourth-order valence-corrected chi connectivity index (χ4v) is 5.53. The van der Waals surface area contributed by atoms with Gasteiger partial charge in [-0.15, -0.1) is 0 Å². The fourth-order valence-electron chi connectivity index (χ4n) is 5.53. The fraction of sp³-hybridized carbons (Fsp3) is 0.259. The van der Waals surface area contributed by atoms with Crippen molar-refractivity contribution in [2.24, 2.45) is 5.92 Å². The highest BCUT2D eigenvalue weighted by molar-refractivity contribution is 6.15. The highest BCUT2D eigenvalue weighted by Crippen LogP contribution is 2.42. The van der Waals surface area contributed by atoms with Crippen LogP contribution in [-0.4, -0.2) is 33.4 Å². The number of nitrogens with zero attached hydrogens (tertiary/aromatic N) is 2. The molecule has 4 heterocycles. The molecule has 6 nitrogen and oxygen atoms in total. The van der Waals surface area contributed by atoms with Gasteiger partial charge in [-0.05, 0) is 42.7 Å². The third kappa shape index (κ3) is 3.44. The molecule has 1 N–H and O–H groups in total. The number of benzene rings is 2. The molecule has 0 aliphatic carbocycles. The maximum Gasteiger partial charge on any atom is 0.250 e. The molecule has 172 valence electrons. The predicted octanol–water partition coefficient (Wildman–Crippen LogP) is 3.93. The monoisotopic (exact) mass is 458 g/mol. The first-order valence-corrected chi connectivity index (χ1v) is 11.4. The molecule has 2 bridgehead atoms. The molecule has 34 heavy (non-hydrogen) atoms. The molecule has 1 saturated heterocycles. The number of hydrogen-bond donors (Lipinski definition) is 1. The summed E-state index contributed by atoms with van der Waals surface area (Å²) in [6, 6.07) is 14.7. The molecule has 3 aliphatic rings. The van der Waals surface area contributed by atoms with Gasteiger partial charge in [0.05, 0.1) is 11.1 Å². The van der Waals surface area contributed by atoms with Crippen LogP contribution in [0.2, 0.25) is 0 Å². The molecule has 3 aliphatic heterocycles. The summed E-state index contributed by atoms with van der Waals surface area (Å²) in [6.45, 7) is 2.63. The number of ether oxygens (including phenoxy) is 1. The second-order valence-corrected chi connectivity index (χ2v) is 9.29. The molecule has 2 aromatic carbocycles. The van der Waals surface area contributed by atoms with Crippen LogP contribution in [0.3, 0.4) is 0 Å². The number of rotatable bonds is 3. The Labute approximate surface area is 195 Å². The lowest BCUT2D eigenvalue weighted by Crippen LogP contribution is -2.46. The number of aromatic hydroxyl groups is 1. The van der Waals surface area contributed by atoms with Crippen LogP contribution >= 0.6 is 0 Å². The van der Waals surface area contributed by atoms with Crippen molar-refractivity contribution in [1.82, 2.24) is 9.47 Å². The molecular weight excluding hydrogens is 435 g/mol. The first-order chi connectivity index (χ1) is 16.5. The Morgan fingerprint density at radius 3 is 2.74 bits per heavy atom. The van der Waals surface area contributed by atoms with E-state index < -0.39 is 5.82 Å². The lowest BCUT2D eigenvalue weighted by Gasteiger charge is -2.42. The van der Waals surface area contributed by atoms with E-state index in [9.17, 15) is 19.1 Å². The van der Waals surface area contributed by atoms with Crippen LogP contribution in [0, 0.1) is 11.7 Å². The molecule has 2 unspecified atom stereocenters. The molecule has 0 saturated carbocycles. The standard InChI is InChI=1S/C27H23FN2O4/c28-21-5-2-1-4-17(21)11-24-26(33)19-8-9-23(31)20(27(19)34-24)15-29-12-16-10-18(14-29)22-6-3-7-25(32)30(22)13-16/h1-9,11,16,18,31H,10,12-15H2. The number of fused-ring (bicyclic) bond motifs is 5. The van der Waals surface area contributed by atoms with Gasteiger partial charge in [0.25, 0.3) is 5.56 Å². The predicted molar refractivity (Wildman–Crippen MR) is 124 cm³/mol. The number of phenols is 1. The summed E-state index contributed by atoms with van der Waals surface area (Å²) in [5, 5.41) is 10.7. The zero-order chi connectivity index (χ0) is 23.4. The Morgan fingerprint density at radius 2 is 1.88 bits per heavy atom. The van der Waals surface area contributed by atoms with E-state index in [1.807, 2.05) is 16.7 Å². The number of Topliss-reactive ketones (excluding diaryl/α,β-unsaturated/α-hetero) is 1. The zero-order valence-corrected chi connectivity index (χ0v) is 18.4. The Kier molecular flexibility index (Phi) is 4.88. The van der Waals surface area contributed by atoms with Crippen LogP contribution in [0.1, 0.15) is 39.5 Å². The quantitative estimate of drug-likeness (QED) is 0.603. The van der Waals surface area contributed by atoms with E-state index in [-0.39, 0.29) is 34.3 Å². The SMILES string of the molecule is O=C1C(=Cc2ccccc2F)Oc2c1ccc(O)c2CN1CC2CC(C1)c1cccc(=O)n1C2. The van der Waals surface area contributed by atoms with Gasteiger partial charge in [-0.25, -0.2) is 4.39 Å². The van der Waals surface area contributed by atoms with Gasteiger partial charge in [0.2, 0.25) is 5.78 Å². The minimum Gasteiger partial charge on any atom is -0.507 e. The smallest absolute Gasteiger partial charge is 0.250 e.